The second-order valence-electron chi connectivity index (χ2n) is 2.66. The van der Waals surface area contributed by atoms with Gasteiger partial charge in [-0.3, -0.25) is 4.79 Å². The van der Waals surface area contributed by atoms with Crippen molar-refractivity contribution in [2.75, 3.05) is 18.5 Å². The lowest BCUT2D eigenvalue weighted by molar-refractivity contribution is 0.101. The molecule has 0 saturated carbocycles. The summed E-state index contributed by atoms with van der Waals surface area (Å²) in [6, 6.07) is 1.92. The number of carbonyl (C=O) groups is 1. The standard InChI is InChI=1S/C7H7BrN2O/c1-10-3-5(11)7-4(10)2-6(8)9-7/h2,9H,3H2,1H3. The van der Waals surface area contributed by atoms with E-state index in [0.29, 0.717) is 6.54 Å². The van der Waals surface area contributed by atoms with Crippen molar-refractivity contribution in [3.63, 3.8) is 0 Å². The summed E-state index contributed by atoms with van der Waals surface area (Å²) in [5, 5.41) is 0. The lowest BCUT2D eigenvalue weighted by Crippen LogP contribution is -2.16. The van der Waals surface area contributed by atoms with E-state index in [1.54, 1.807) is 0 Å². The molecule has 11 heavy (non-hydrogen) atoms. The molecule has 1 aliphatic rings. The summed E-state index contributed by atoms with van der Waals surface area (Å²) in [5.41, 5.74) is 1.71. The lowest BCUT2D eigenvalue weighted by atomic mass is 10.3. The van der Waals surface area contributed by atoms with Crippen molar-refractivity contribution < 1.29 is 4.79 Å². The third kappa shape index (κ3) is 0.894. The fraction of sp³-hybridized carbons (Fsp3) is 0.286. The maximum Gasteiger partial charge on any atom is 0.200 e. The Morgan fingerprint density at radius 3 is 3.09 bits per heavy atom. The monoisotopic (exact) mass is 214 g/mol. The lowest BCUT2D eigenvalue weighted by Gasteiger charge is -2.06. The Morgan fingerprint density at radius 1 is 1.73 bits per heavy atom. The van der Waals surface area contributed by atoms with Crippen LogP contribution in [0.4, 0.5) is 5.69 Å². The highest BCUT2D eigenvalue weighted by molar-refractivity contribution is 9.10. The zero-order chi connectivity index (χ0) is 8.01. The fourth-order valence-corrected chi connectivity index (χ4v) is 1.72. The number of aromatic amines is 1. The molecular formula is C7H7BrN2O. The summed E-state index contributed by atoms with van der Waals surface area (Å²) in [5.74, 6) is 0.160. The number of fused-ring (bicyclic) bond motifs is 1. The number of nitrogens with zero attached hydrogens (tertiary/aromatic N) is 1. The average molecular weight is 215 g/mol. The Balaban J connectivity index is 2.58. The molecule has 0 spiro atoms. The van der Waals surface area contributed by atoms with Crippen molar-refractivity contribution in [3.05, 3.63) is 16.4 Å². The molecule has 2 rings (SSSR count). The smallest absolute Gasteiger partial charge is 0.200 e. The molecule has 1 aromatic heterocycles. The van der Waals surface area contributed by atoms with E-state index >= 15 is 0 Å². The van der Waals surface area contributed by atoms with E-state index in [9.17, 15) is 4.79 Å². The Labute approximate surface area is 72.5 Å². The minimum Gasteiger partial charge on any atom is -0.365 e. The fourth-order valence-electron chi connectivity index (χ4n) is 1.30. The Bertz CT molecular complexity index is 318. The van der Waals surface area contributed by atoms with Gasteiger partial charge in [0.1, 0.15) is 5.69 Å². The number of Topliss-reactive ketones (excluding diaryl/α,β-unsaturated/α-hetero) is 1. The van der Waals surface area contributed by atoms with E-state index in [4.69, 9.17) is 0 Å². The number of carbonyl (C=O) groups excluding carboxylic acids is 1. The number of aromatic nitrogens is 1. The van der Waals surface area contributed by atoms with Crippen molar-refractivity contribution in [1.82, 2.24) is 4.98 Å². The van der Waals surface area contributed by atoms with Gasteiger partial charge in [-0.2, -0.15) is 0 Å². The van der Waals surface area contributed by atoms with Crippen LogP contribution >= 0.6 is 15.9 Å². The van der Waals surface area contributed by atoms with Crippen LogP contribution in [0, 0.1) is 0 Å². The van der Waals surface area contributed by atoms with Crippen LogP contribution in [0.25, 0.3) is 0 Å². The van der Waals surface area contributed by atoms with Gasteiger partial charge in [0.2, 0.25) is 0 Å². The first-order valence-electron chi connectivity index (χ1n) is 3.31. The number of likely N-dealkylation sites (N-methyl/N-ethyl adjacent to an activating group) is 1. The van der Waals surface area contributed by atoms with Crippen LogP contribution in [0.5, 0.6) is 0 Å². The minimum absolute atomic E-state index is 0.160. The molecule has 0 amide bonds. The molecule has 1 N–H and O–H groups in total. The van der Waals surface area contributed by atoms with Crippen LogP contribution in [-0.4, -0.2) is 24.4 Å². The van der Waals surface area contributed by atoms with E-state index < -0.39 is 0 Å². The van der Waals surface area contributed by atoms with Crippen LogP contribution in [-0.2, 0) is 0 Å². The van der Waals surface area contributed by atoms with E-state index in [1.807, 2.05) is 18.0 Å². The summed E-state index contributed by atoms with van der Waals surface area (Å²) in [7, 11) is 1.91. The van der Waals surface area contributed by atoms with Gasteiger partial charge in [-0.25, -0.2) is 0 Å². The maximum absolute atomic E-state index is 11.2. The van der Waals surface area contributed by atoms with Gasteiger partial charge >= 0.3 is 0 Å². The third-order valence-electron chi connectivity index (χ3n) is 1.83. The molecule has 0 bridgehead atoms. The van der Waals surface area contributed by atoms with Crippen molar-refractivity contribution in [2.24, 2.45) is 0 Å². The number of ketones is 1. The van der Waals surface area contributed by atoms with E-state index in [2.05, 4.69) is 20.9 Å². The zero-order valence-corrected chi connectivity index (χ0v) is 7.60. The van der Waals surface area contributed by atoms with Crippen LogP contribution in [0.1, 0.15) is 10.5 Å². The molecule has 0 atom stereocenters. The molecule has 0 aliphatic carbocycles. The number of halogens is 1. The van der Waals surface area contributed by atoms with Crippen LogP contribution in [0.15, 0.2) is 10.7 Å². The molecule has 0 unspecified atom stereocenters. The van der Waals surface area contributed by atoms with Gasteiger partial charge in [-0.15, -0.1) is 0 Å². The number of H-pyrrole nitrogens is 1. The van der Waals surface area contributed by atoms with Crippen molar-refractivity contribution >= 4 is 27.4 Å². The van der Waals surface area contributed by atoms with Gasteiger partial charge in [-0.1, -0.05) is 0 Å². The predicted octanol–water partition coefficient (Wildman–Crippen LogP) is 1.41. The van der Waals surface area contributed by atoms with Gasteiger partial charge < -0.3 is 9.88 Å². The number of hydrogen-bond donors (Lipinski definition) is 1. The van der Waals surface area contributed by atoms with Crippen LogP contribution in [0.2, 0.25) is 0 Å². The Hall–Kier alpha value is -0.770. The highest BCUT2D eigenvalue weighted by Crippen LogP contribution is 2.29. The first-order valence-corrected chi connectivity index (χ1v) is 4.10. The van der Waals surface area contributed by atoms with Crippen LogP contribution < -0.4 is 4.90 Å². The zero-order valence-electron chi connectivity index (χ0n) is 6.02. The highest BCUT2D eigenvalue weighted by atomic mass is 79.9. The molecule has 0 aromatic carbocycles. The van der Waals surface area contributed by atoms with Crippen LogP contribution in [0.3, 0.4) is 0 Å². The normalized spacial score (nSPS) is 15.8. The molecule has 2 heterocycles. The topological polar surface area (TPSA) is 36.1 Å². The van der Waals surface area contributed by atoms with Crippen molar-refractivity contribution in [2.45, 2.75) is 0 Å². The van der Waals surface area contributed by atoms with Crippen molar-refractivity contribution in [1.29, 1.82) is 0 Å². The predicted molar refractivity (Wildman–Crippen MR) is 46.1 cm³/mol. The minimum atomic E-state index is 0.160. The summed E-state index contributed by atoms with van der Waals surface area (Å²) in [6.07, 6.45) is 0. The number of anilines is 1. The summed E-state index contributed by atoms with van der Waals surface area (Å²) < 4.78 is 0.863. The molecule has 0 radical (unpaired) electrons. The van der Waals surface area contributed by atoms with Gasteiger partial charge in [0.25, 0.3) is 0 Å². The van der Waals surface area contributed by atoms with Gasteiger partial charge in [-0.05, 0) is 22.0 Å². The molecule has 1 aromatic rings. The quantitative estimate of drug-likeness (QED) is 0.710. The molecule has 4 heteroatoms. The highest BCUT2D eigenvalue weighted by Gasteiger charge is 2.25. The van der Waals surface area contributed by atoms with E-state index in [1.165, 1.54) is 0 Å². The maximum atomic E-state index is 11.2. The molecule has 0 saturated heterocycles. The summed E-state index contributed by atoms with van der Waals surface area (Å²) in [4.78, 5) is 16.1. The second kappa shape index (κ2) is 2.11. The average Bonchev–Trinajstić information content (AvgIpc) is 2.38. The van der Waals surface area contributed by atoms with Gasteiger partial charge in [0, 0.05) is 7.05 Å². The first-order chi connectivity index (χ1) is 5.18. The van der Waals surface area contributed by atoms with Gasteiger partial charge in [0.05, 0.1) is 16.8 Å². The molecule has 58 valence electrons. The summed E-state index contributed by atoms with van der Waals surface area (Å²) >= 11 is 3.28. The second-order valence-corrected chi connectivity index (χ2v) is 3.51. The first kappa shape index (κ1) is 6.91. The summed E-state index contributed by atoms with van der Waals surface area (Å²) in [6.45, 7) is 0.494. The molecule has 0 fully saturated rings. The third-order valence-corrected chi connectivity index (χ3v) is 2.26. The largest absolute Gasteiger partial charge is 0.365 e. The molecular weight excluding hydrogens is 208 g/mol. The van der Waals surface area contributed by atoms with E-state index in [-0.39, 0.29) is 5.78 Å². The van der Waals surface area contributed by atoms with Crippen molar-refractivity contribution in [3.8, 4) is 0 Å². The SMILES string of the molecule is CN1CC(=O)c2[nH]c(Br)cc21. The Morgan fingerprint density at radius 2 is 2.45 bits per heavy atom. The molecule has 3 nitrogen and oxygen atoms in total. The number of hydrogen-bond acceptors (Lipinski definition) is 2. The van der Waals surface area contributed by atoms with E-state index in [0.717, 1.165) is 16.0 Å². The molecule has 1 aliphatic heterocycles. The number of rotatable bonds is 0. The number of nitrogens with one attached hydrogen (secondary N) is 1. The Kier molecular flexibility index (Phi) is 1.32. The van der Waals surface area contributed by atoms with Gasteiger partial charge in [0.15, 0.2) is 5.78 Å².